The first-order chi connectivity index (χ1) is 21.2. The predicted molar refractivity (Wildman–Crippen MR) is 175 cm³/mol. The number of hydrogen-bond acceptors (Lipinski definition) is 8. The molecule has 0 saturated carbocycles. The Labute approximate surface area is 265 Å². The maximum atomic E-state index is 14.5. The van der Waals surface area contributed by atoms with Crippen molar-refractivity contribution in [3.63, 3.8) is 0 Å². The summed E-state index contributed by atoms with van der Waals surface area (Å²) in [5, 5.41) is 0. The van der Waals surface area contributed by atoms with Gasteiger partial charge in [-0.05, 0) is 60.4 Å². The molecular weight excluding hydrogens is 602 g/mol. The zero-order valence-electron chi connectivity index (χ0n) is 25.7. The minimum absolute atomic E-state index is 0.0287. The fourth-order valence-corrected chi connectivity index (χ4v) is 8.22. The zero-order chi connectivity index (χ0) is 31.7. The second-order valence-electron chi connectivity index (χ2n) is 10.5. The highest BCUT2D eigenvalue weighted by Crippen LogP contribution is 2.61. The Bertz CT molecular complexity index is 1420. The van der Waals surface area contributed by atoms with E-state index < -0.39 is 22.6 Å². The van der Waals surface area contributed by atoms with Crippen LogP contribution in [0.2, 0.25) is 0 Å². The number of nitrogens with zero attached hydrogens (tertiary/aromatic N) is 1. The standard InChI is InChI=1S/C34H42FNO6S2/c1-5-8-14-26-19-28(25-12-10-9-11-13-25)29-20-32(43-7-3)31(42-23-30(35)34(37)41-6-2)21-33(29)44(38,39)36(26)22-24-15-17-27(40-4)18-16-24/h9-13,15-18,20-21,23,26,28,38-39H,5-8,14,19,22H2,1-4H3/b30-23-. The average Bonchev–Trinajstić information content (AvgIpc) is 3.11. The van der Waals surface area contributed by atoms with Crippen LogP contribution >= 0.6 is 22.5 Å². The fourth-order valence-electron chi connectivity index (χ4n) is 5.47. The van der Waals surface area contributed by atoms with Crippen LogP contribution in [0.4, 0.5) is 4.39 Å². The van der Waals surface area contributed by atoms with Crippen LogP contribution in [0.3, 0.4) is 0 Å². The van der Waals surface area contributed by atoms with Gasteiger partial charge < -0.3 is 14.2 Å². The molecule has 0 saturated heterocycles. The van der Waals surface area contributed by atoms with Crippen molar-refractivity contribution in [3.05, 3.63) is 95.5 Å². The quantitative estimate of drug-likeness (QED) is 0.0825. The molecule has 0 bridgehead atoms. The van der Waals surface area contributed by atoms with E-state index in [1.165, 1.54) is 11.8 Å². The lowest BCUT2D eigenvalue weighted by Gasteiger charge is -2.46. The van der Waals surface area contributed by atoms with E-state index in [4.69, 9.17) is 14.2 Å². The number of ether oxygens (including phenoxy) is 3. The molecule has 0 aromatic heterocycles. The van der Waals surface area contributed by atoms with Crippen molar-refractivity contribution in [2.75, 3.05) is 19.5 Å². The van der Waals surface area contributed by atoms with Crippen LogP contribution in [-0.2, 0) is 16.1 Å². The van der Waals surface area contributed by atoms with Crippen LogP contribution in [0.25, 0.3) is 0 Å². The van der Waals surface area contributed by atoms with E-state index in [9.17, 15) is 18.3 Å². The maximum absolute atomic E-state index is 14.5. The molecule has 10 heteroatoms. The maximum Gasteiger partial charge on any atom is 0.370 e. The molecule has 3 aromatic carbocycles. The molecular formula is C34H42FNO6S2. The summed E-state index contributed by atoms with van der Waals surface area (Å²) < 4.78 is 56.7. The van der Waals surface area contributed by atoms with Crippen LogP contribution in [-0.4, -0.2) is 44.9 Å². The van der Waals surface area contributed by atoms with Crippen LogP contribution in [0.1, 0.15) is 69.1 Å². The van der Waals surface area contributed by atoms with Crippen molar-refractivity contribution in [3.8, 4) is 11.5 Å². The molecule has 3 aromatic rings. The predicted octanol–water partition coefficient (Wildman–Crippen LogP) is 9.18. The van der Waals surface area contributed by atoms with Gasteiger partial charge in [-0.3, -0.25) is 9.11 Å². The minimum atomic E-state index is -3.56. The Morgan fingerprint density at radius 3 is 2.45 bits per heavy atom. The number of methoxy groups -OCH3 is 1. The van der Waals surface area contributed by atoms with E-state index >= 15 is 0 Å². The van der Waals surface area contributed by atoms with Gasteiger partial charge in [-0.15, -0.1) is 22.5 Å². The number of benzene rings is 3. The van der Waals surface area contributed by atoms with Gasteiger partial charge in [-0.2, -0.15) is 8.70 Å². The van der Waals surface area contributed by atoms with Gasteiger partial charge in [-0.1, -0.05) is 69.2 Å². The van der Waals surface area contributed by atoms with E-state index in [2.05, 4.69) is 19.1 Å². The summed E-state index contributed by atoms with van der Waals surface area (Å²) in [5.41, 5.74) is 2.79. The highest BCUT2D eigenvalue weighted by atomic mass is 32.3. The summed E-state index contributed by atoms with van der Waals surface area (Å²) in [7, 11) is -1.95. The SMILES string of the molecule is CCCCC1CC(c2ccccc2)c2cc(SCC)c(O/C=C(\F)C(=O)OCC)cc2S(O)(O)N1Cc1ccc(OC)cc1. The third-order valence-corrected chi connectivity index (χ3v) is 10.6. The van der Waals surface area contributed by atoms with Crippen LogP contribution in [0.5, 0.6) is 11.5 Å². The molecule has 2 unspecified atom stereocenters. The number of fused-ring (bicyclic) bond motifs is 1. The highest BCUT2D eigenvalue weighted by Gasteiger charge is 2.41. The molecule has 44 heavy (non-hydrogen) atoms. The first-order valence-electron chi connectivity index (χ1n) is 15.0. The van der Waals surface area contributed by atoms with E-state index in [1.54, 1.807) is 20.1 Å². The molecule has 0 radical (unpaired) electrons. The van der Waals surface area contributed by atoms with Gasteiger partial charge in [-0.25, -0.2) is 4.79 Å². The molecule has 2 atom stereocenters. The van der Waals surface area contributed by atoms with Gasteiger partial charge >= 0.3 is 5.97 Å². The number of rotatable bonds is 13. The number of carbonyl (C=O) groups is 1. The normalized spacial score (nSPS) is 19.0. The van der Waals surface area contributed by atoms with Gasteiger partial charge in [0.2, 0.25) is 5.83 Å². The van der Waals surface area contributed by atoms with E-state index in [1.807, 2.05) is 59.8 Å². The molecule has 238 valence electrons. The second kappa shape index (κ2) is 15.8. The topological polar surface area (TPSA) is 88.5 Å². The Morgan fingerprint density at radius 2 is 1.82 bits per heavy atom. The number of thioether (sulfide) groups is 1. The molecule has 0 amide bonds. The van der Waals surface area contributed by atoms with Gasteiger partial charge in [0.1, 0.15) is 17.8 Å². The number of hydrogen-bond donors (Lipinski definition) is 2. The summed E-state index contributed by atoms with van der Waals surface area (Å²) in [6.45, 7) is 6.05. The Hall–Kier alpha value is -3.02. The highest BCUT2D eigenvalue weighted by molar-refractivity contribution is 8.22. The van der Waals surface area contributed by atoms with Gasteiger partial charge in [0, 0.05) is 24.6 Å². The first kappa shape index (κ1) is 33.9. The van der Waals surface area contributed by atoms with E-state index in [0.29, 0.717) is 28.5 Å². The molecule has 1 aliphatic rings. The zero-order valence-corrected chi connectivity index (χ0v) is 27.3. The van der Waals surface area contributed by atoms with Crippen LogP contribution in [0.15, 0.2) is 88.6 Å². The third kappa shape index (κ3) is 7.97. The smallest absolute Gasteiger partial charge is 0.370 e. The van der Waals surface area contributed by atoms with Crippen molar-refractivity contribution in [1.82, 2.24) is 4.31 Å². The van der Waals surface area contributed by atoms with Crippen molar-refractivity contribution in [2.45, 2.75) is 74.7 Å². The monoisotopic (exact) mass is 643 g/mol. The number of halogens is 1. The lowest BCUT2D eigenvalue weighted by atomic mass is 9.84. The van der Waals surface area contributed by atoms with Gasteiger partial charge in [0.05, 0.1) is 23.5 Å². The molecule has 7 nitrogen and oxygen atoms in total. The third-order valence-electron chi connectivity index (χ3n) is 7.64. The summed E-state index contributed by atoms with van der Waals surface area (Å²) in [6, 6.07) is 21.1. The Morgan fingerprint density at radius 1 is 1.09 bits per heavy atom. The summed E-state index contributed by atoms with van der Waals surface area (Å²) in [4.78, 5) is 12.9. The van der Waals surface area contributed by atoms with Crippen molar-refractivity contribution in [1.29, 1.82) is 0 Å². The average molecular weight is 644 g/mol. The fraction of sp³-hybridized carbons (Fsp3) is 0.382. The molecule has 2 N–H and O–H groups in total. The number of esters is 1. The minimum Gasteiger partial charge on any atom is -0.497 e. The molecule has 0 spiro atoms. The molecule has 0 fully saturated rings. The number of carbonyl (C=O) groups excluding carboxylic acids is 1. The van der Waals surface area contributed by atoms with Gasteiger partial charge in [0.15, 0.2) is 0 Å². The Balaban J connectivity index is 1.89. The molecule has 1 heterocycles. The summed E-state index contributed by atoms with van der Waals surface area (Å²) >= 11 is 1.50. The summed E-state index contributed by atoms with van der Waals surface area (Å²) in [6.07, 6.45) is 4.09. The van der Waals surface area contributed by atoms with Crippen molar-refractivity contribution < 1.29 is 32.5 Å². The van der Waals surface area contributed by atoms with Crippen LogP contribution < -0.4 is 9.47 Å². The van der Waals surface area contributed by atoms with Crippen LogP contribution in [0, 0.1) is 0 Å². The van der Waals surface area contributed by atoms with Crippen molar-refractivity contribution in [2.24, 2.45) is 0 Å². The van der Waals surface area contributed by atoms with Crippen molar-refractivity contribution >= 4 is 28.5 Å². The molecule has 1 aliphatic heterocycles. The Kier molecular flexibility index (Phi) is 12.2. The first-order valence-corrected chi connectivity index (χ1v) is 17.4. The molecule has 4 rings (SSSR count). The van der Waals surface area contributed by atoms with E-state index in [0.717, 1.165) is 48.0 Å². The number of unbranched alkanes of at least 4 members (excludes halogenated alkanes) is 1. The second-order valence-corrected chi connectivity index (χ2v) is 13.8. The summed E-state index contributed by atoms with van der Waals surface area (Å²) in [5.74, 6) is -0.767. The van der Waals surface area contributed by atoms with E-state index in [-0.39, 0.29) is 24.3 Å². The molecule has 0 aliphatic carbocycles. The largest absolute Gasteiger partial charge is 0.497 e. The lowest BCUT2D eigenvalue weighted by molar-refractivity contribution is -0.140. The van der Waals surface area contributed by atoms with Gasteiger partial charge in [0.25, 0.3) is 0 Å². The lowest BCUT2D eigenvalue weighted by Crippen LogP contribution is -2.36.